The van der Waals surface area contributed by atoms with Crippen LogP contribution in [0.5, 0.6) is 0 Å². The van der Waals surface area contributed by atoms with Crippen LogP contribution < -0.4 is 5.32 Å². The van der Waals surface area contributed by atoms with E-state index >= 15 is 0 Å². The maximum atomic E-state index is 12.6. The van der Waals surface area contributed by atoms with Crippen LogP contribution >= 0.6 is 0 Å². The molecule has 9 nitrogen and oxygen atoms in total. The monoisotopic (exact) mass is 635 g/mol. The largest absolute Gasteiger partial charge is 0.478 e. The highest BCUT2D eigenvalue weighted by atomic mass is 16.4. The Bertz CT molecular complexity index is 1760. The number of fused-ring (bicyclic) bond motifs is 1. The number of amides is 1. The number of carbonyl (C=O) groups is 2. The van der Waals surface area contributed by atoms with Gasteiger partial charge in [0.25, 0.3) is 5.91 Å². The number of aliphatic hydroxyl groups excluding tert-OH is 1. The standard InChI is InChI=1S/C38H45N5O4/c1-4-9-34(44)37(45)42-20-18-25(19-21-42)28-16-15-27(22-24(28)5-2)40-32-17-14-26-10-7-11-29(36(26)32)31-12-8-13-35(41-31)43-33(6-3)30(23-39-43)38(46)47/h7-8,10-13,15-16,22-23,25,32,34,40,44H,4-6,9,14,17-21H2,1-3H3,(H,46,47)/t32?,34-/m0/s1. The van der Waals surface area contributed by atoms with Gasteiger partial charge in [-0.3, -0.25) is 4.79 Å². The maximum Gasteiger partial charge on any atom is 0.339 e. The Morgan fingerprint density at radius 2 is 1.79 bits per heavy atom. The average Bonchev–Trinajstić information content (AvgIpc) is 3.73. The Labute approximate surface area is 276 Å². The number of rotatable bonds is 11. The molecule has 1 amide bonds. The third kappa shape index (κ3) is 6.54. The molecule has 0 spiro atoms. The molecule has 0 saturated carbocycles. The Kier molecular flexibility index (Phi) is 9.73. The van der Waals surface area contributed by atoms with Gasteiger partial charge in [-0.25, -0.2) is 14.5 Å². The number of hydrogen-bond acceptors (Lipinski definition) is 6. The number of aromatic nitrogens is 3. The number of carboxylic acids is 1. The lowest BCUT2D eigenvalue weighted by Gasteiger charge is -2.34. The molecular formula is C38H45N5O4. The quantitative estimate of drug-likeness (QED) is 0.167. The van der Waals surface area contributed by atoms with Crippen LogP contribution in [0.25, 0.3) is 17.1 Å². The molecule has 0 bridgehead atoms. The zero-order chi connectivity index (χ0) is 33.1. The molecule has 246 valence electrons. The molecule has 6 rings (SSSR count). The van der Waals surface area contributed by atoms with Crippen molar-refractivity contribution in [3.8, 4) is 17.1 Å². The minimum atomic E-state index is -0.987. The number of aromatic carboxylic acids is 1. The molecule has 1 aliphatic heterocycles. The molecule has 0 radical (unpaired) electrons. The zero-order valence-electron chi connectivity index (χ0n) is 27.6. The van der Waals surface area contributed by atoms with Gasteiger partial charge in [-0.15, -0.1) is 0 Å². The SMILES string of the molecule is CCC[C@H](O)C(=O)N1CCC(c2ccc(NC3CCc4cccc(-c5cccc(-n6ncc(C(=O)O)c6CC)n5)c43)cc2CC)CC1. The summed E-state index contributed by atoms with van der Waals surface area (Å²) >= 11 is 0. The fourth-order valence-electron chi connectivity index (χ4n) is 7.46. The van der Waals surface area contributed by atoms with Crippen LogP contribution in [0.3, 0.4) is 0 Å². The lowest BCUT2D eigenvalue weighted by Crippen LogP contribution is -2.43. The number of nitrogens with one attached hydrogen (secondary N) is 1. The summed E-state index contributed by atoms with van der Waals surface area (Å²) in [6, 6.07) is 19.1. The zero-order valence-corrected chi connectivity index (χ0v) is 27.6. The number of aryl methyl sites for hydroxylation is 2. The minimum absolute atomic E-state index is 0.125. The average molecular weight is 636 g/mol. The van der Waals surface area contributed by atoms with Gasteiger partial charge < -0.3 is 20.4 Å². The fraction of sp³-hybridized carbons (Fsp3) is 0.421. The van der Waals surface area contributed by atoms with E-state index in [-0.39, 0.29) is 17.5 Å². The summed E-state index contributed by atoms with van der Waals surface area (Å²) in [6.45, 7) is 7.48. The van der Waals surface area contributed by atoms with E-state index in [4.69, 9.17) is 4.98 Å². The second kappa shape index (κ2) is 14.1. The summed E-state index contributed by atoms with van der Waals surface area (Å²) in [4.78, 5) is 31.2. The molecule has 3 heterocycles. The predicted octanol–water partition coefficient (Wildman–Crippen LogP) is 6.72. The highest BCUT2D eigenvalue weighted by molar-refractivity contribution is 5.88. The molecule has 3 N–H and O–H groups in total. The number of pyridine rings is 1. The number of piperidine rings is 1. The van der Waals surface area contributed by atoms with Crippen LogP contribution in [0, 0.1) is 0 Å². The minimum Gasteiger partial charge on any atom is -0.478 e. The van der Waals surface area contributed by atoms with Crippen molar-refractivity contribution in [2.45, 2.75) is 90.2 Å². The summed E-state index contributed by atoms with van der Waals surface area (Å²) in [5.41, 5.74) is 9.09. The molecule has 1 unspecified atom stereocenters. The summed E-state index contributed by atoms with van der Waals surface area (Å²) in [6.07, 6.45) is 7.06. The predicted molar refractivity (Wildman–Crippen MR) is 183 cm³/mol. The Morgan fingerprint density at radius 3 is 2.51 bits per heavy atom. The van der Waals surface area contributed by atoms with Crippen molar-refractivity contribution in [2.24, 2.45) is 0 Å². The Hall–Kier alpha value is -4.50. The van der Waals surface area contributed by atoms with Crippen LogP contribution in [0.15, 0.2) is 60.8 Å². The number of nitrogens with zero attached hydrogens (tertiary/aromatic N) is 4. The lowest BCUT2D eigenvalue weighted by molar-refractivity contribution is -0.141. The summed E-state index contributed by atoms with van der Waals surface area (Å²) in [7, 11) is 0. The van der Waals surface area contributed by atoms with Crippen LogP contribution in [0.2, 0.25) is 0 Å². The molecular weight excluding hydrogens is 590 g/mol. The van der Waals surface area contributed by atoms with E-state index in [9.17, 15) is 19.8 Å². The normalized spacial score (nSPS) is 17.0. The number of hydrogen-bond donors (Lipinski definition) is 3. The first-order valence-electron chi connectivity index (χ1n) is 17.1. The molecule has 9 heteroatoms. The van der Waals surface area contributed by atoms with E-state index in [1.807, 2.05) is 36.9 Å². The molecule has 1 fully saturated rings. The maximum absolute atomic E-state index is 12.6. The van der Waals surface area contributed by atoms with Gasteiger partial charge in [0.05, 0.1) is 23.6 Å². The van der Waals surface area contributed by atoms with E-state index in [2.05, 4.69) is 53.7 Å². The van der Waals surface area contributed by atoms with Crippen molar-refractivity contribution in [1.82, 2.24) is 19.7 Å². The summed E-state index contributed by atoms with van der Waals surface area (Å²) in [5.74, 6) is -0.113. The van der Waals surface area contributed by atoms with Crippen molar-refractivity contribution >= 4 is 17.6 Å². The molecule has 1 saturated heterocycles. The topological polar surface area (TPSA) is 121 Å². The molecule has 2 aromatic carbocycles. The van der Waals surface area contributed by atoms with Gasteiger partial charge in [0.15, 0.2) is 5.82 Å². The second-order valence-electron chi connectivity index (χ2n) is 12.7. The third-order valence-corrected chi connectivity index (χ3v) is 9.87. The molecule has 2 aliphatic rings. The van der Waals surface area contributed by atoms with Crippen LogP contribution in [-0.2, 0) is 24.1 Å². The van der Waals surface area contributed by atoms with Crippen molar-refractivity contribution in [3.63, 3.8) is 0 Å². The third-order valence-electron chi connectivity index (χ3n) is 9.87. The van der Waals surface area contributed by atoms with Crippen LogP contribution in [0.4, 0.5) is 5.69 Å². The molecule has 4 aromatic rings. The highest BCUT2D eigenvalue weighted by Crippen LogP contribution is 2.41. The second-order valence-corrected chi connectivity index (χ2v) is 12.7. The van der Waals surface area contributed by atoms with Crippen LogP contribution in [-0.4, -0.2) is 60.9 Å². The van der Waals surface area contributed by atoms with Gasteiger partial charge in [0.1, 0.15) is 11.7 Å². The van der Waals surface area contributed by atoms with E-state index in [1.165, 1.54) is 28.5 Å². The first-order chi connectivity index (χ1) is 22.8. The van der Waals surface area contributed by atoms with Crippen molar-refractivity contribution < 1.29 is 19.8 Å². The first kappa shape index (κ1) is 32.4. The molecule has 2 aromatic heterocycles. The van der Waals surface area contributed by atoms with Gasteiger partial charge >= 0.3 is 5.97 Å². The number of aliphatic hydroxyl groups is 1. The fourth-order valence-corrected chi connectivity index (χ4v) is 7.46. The van der Waals surface area contributed by atoms with E-state index < -0.39 is 12.1 Å². The molecule has 2 atom stereocenters. The summed E-state index contributed by atoms with van der Waals surface area (Å²) in [5, 5.41) is 28.0. The Morgan fingerprint density at radius 1 is 1.00 bits per heavy atom. The van der Waals surface area contributed by atoms with Gasteiger partial charge in [-0.05, 0) is 97.4 Å². The number of carbonyl (C=O) groups excluding carboxylic acids is 1. The molecule has 47 heavy (non-hydrogen) atoms. The van der Waals surface area contributed by atoms with Gasteiger partial charge in [-0.1, -0.05) is 57.5 Å². The van der Waals surface area contributed by atoms with Gasteiger partial charge in [-0.2, -0.15) is 5.10 Å². The number of carboxylic acid groups (broad SMARTS) is 1. The summed E-state index contributed by atoms with van der Waals surface area (Å²) < 4.78 is 1.64. The van der Waals surface area contributed by atoms with Crippen molar-refractivity contribution in [2.75, 3.05) is 18.4 Å². The van der Waals surface area contributed by atoms with Gasteiger partial charge in [0.2, 0.25) is 0 Å². The smallest absolute Gasteiger partial charge is 0.339 e. The van der Waals surface area contributed by atoms with Crippen LogP contribution in [0.1, 0.15) is 103 Å². The highest BCUT2D eigenvalue weighted by Gasteiger charge is 2.30. The van der Waals surface area contributed by atoms with E-state index in [1.54, 1.807) is 4.68 Å². The van der Waals surface area contributed by atoms with Gasteiger partial charge in [0, 0.05) is 24.3 Å². The number of benzene rings is 2. The Balaban J connectivity index is 1.21. The number of likely N-dealkylation sites (tertiary alicyclic amines) is 1. The number of anilines is 1. The van der Waals surface area contributed by atoms with Crippen molar-refractivity contribution in [3.05, 3.63) is 94.3 Å². The van der Waals surface area contributed by atoms with E-state index in [0.717, 1.165) is 55.5 Å². The molecule has 1 aliphatic carbocycles. The first-order valence-corrected chi connectivity index (χ1v) is 17.1. The van der Waals surface area contributed by atoms with E-state index in [0.29, 0.717) is 43.4 Å². The van der Waals surface area contributed by atoms with Crippen molar-refractivity contribution in [1.29, 1.82) is 0 Å². The lowest BCUT2D eigenvalue weighted by atomic mass is 9.85.